The van der Waals surface area contributed by atoms with Crippen LogP contribution in [0.25, 0.3) is 0 Å². The molecule has 7 nitrogen and oxygen atoms in total. The molecule has 1 saturated heterocycles. The Morgan fingerprint density at radius 3 is 3.22 bits per heavy atom. The molecule has 2 aromatic rings. The molecule has 1 fully saturated rings. The van der Waals surface area contributed by atoms with Crippen LogP contribution in [0.2, 0.25) is 0 Å². The van der Waals surface area contributed by atoms with Crippen LogP contribution in [0.15, 0.2) is 35.5 Å². The molecule has 0 saturated carbocycles. The van der Waals surface area contributed by atoms with Gasteiger partial charge in [0.25, 0.3) is 0 Å². The monoisotopic (exact) mass is 320 g/mol. The van der Waals surface area contributed by atoms with Crippen molar-refractivity contribution < 1.29 is 14.3 Å². The number of ether oxygens (including phenoxy) is 1. The second kappa shape index (κ2) is 8.24. The van der Waals surface area contributed by atoms with Crippen molar-refractivity contribution in [1.82, 2.24) is 19.7 Å². The van der Waals surface area contributed by atoms with Gasteiger partial charge in [-0.15, -0.1) is 0 Å². The summed E-state index contributed by atoms with van der Waals surface area (Å²) in [4.78, 5) is 6.30. The summed E-state index contributed by atoms with van der Waals surface area (Å²) in [6, 6.07) is 3.70. The first-order chi connectivity index (χ1) is 11.3. The third kappa shape index (κ3) is 5.16. The van der Waals surface area contributed by atoms with Crippen LogP contribution in [-0.4, -0.2) is 57.1 Å². The Balaban J connectivity index is 1.36. The molecule has 126 valence electrons. The number of aliphatic hydroxyl groups is 1. The largest absolute Gasteiger partial charge is 0.467 e. The summed E-state index contributed by atoms with van der Waals surface area (Å²) >= 11 is 0. The van der Waals surface area contributed by atoms with Crippen LogP contribution >= 0.6 is 0 Å². The van der Waals surface area contributed by atoms with E-state index in [0.717, 1.165) is 31.8 Å². The van der Waals surface area contributed by atoms with Crippen molar-refractivity contribution in [1.29, 1.82) is 0 Å². The molecule has 2 atom stereocenters. The highest BCUT2D eigenvalue weighted by Crippen LogP contribution is 2.18. The van der Waals surface area contributed by atoms with E-state index in [-0.39, 0.29) is 0 Å². The van der Waals surface area contributed by atoms with Crippen molar-refractivity contribution in [2.75, 3.05) is 26.2 Å². The van der Waals surface area contributed by atoms with Crippen LogP contribution < -0.4 is 0 Å². The van der Waals surface area contributed by atoms with E-state index in [1.807, 2.05) is 16.8 Å². The number of aromatic nitrogens is 3. The molecule has 0 aromatic carbocycles. The molecule has 1 aliphatic heterocycles. The number of aliphatic hydroxyl groups excluding tert-OH is 1. The summed E-state index contributed by atoms with van der Waals surface area (Å²) in [7, 11) is 0. The maximum absolute atomic E-state index is 10.1. The molecule has 23 heavy (non-hydrogen) atoms. The minimum Gasteiger partial charge on any atom is -0.467 e. The predicted octanol–water partition coefficient (Wildman–Crippen LogP) is 1.16. The smallest absolute Gasteiger partial charge is 0.137 e. The number of furan rings is 1. The molecular formula is C16H24N4O3. The fraction of sp³-hybridized carbons (Fsp3) is 0.625. The molecule has 3 heterocycles. The first kappa shape index (κ1) is 16.2. The van der Waals surface area contributed by atoms with Crippen LogP contribution in [0, 0.1) is 5.92 Å². The van der Waals surface area contributed by atoms with Gasteiger partial charge in [-0.05, 0) is 37.4 Å². The van der Waals surface area contributed by atoms with Gasteiger partial charge >= 0.3 is 0 Å². The van der Waals surface area contributed by atoms with Crippen molar-refractivity contribution in [3.05, 3.63) is 36.8 Å². The van der Waals surface area contributed by atoms with E-state index in [9.17, 15) is 5.11 Å². The van der Waals surface area contributed by atoms with E-state index in [1.54, 1.807) is 18.9 Å². The number of likely N-dealkylation sites (tertiary alicyclic amines) is 1. The van der Waals surface area contributed by atoms with Gasteiger partial charge in [-0.2, -0.15) is 5.10 Å². The van der Waals surface area contributed by atoms with Gasteiger partial charge in [0.15, 0.2) is 0 Å². The van der Waals surface area contributed by atoms with Gasteiger partial charge in [-0.1, -0.05) is 0 Å². The second-order valence-electron chi connectivity index (χ2n) is 6.13. The molecule has 0 aliphatic carbocycles. The third-order valence-corrected chi connectivity index (χ3v) is 4.12. The van der Waals surface area contributed by atoms with Gasteiger partial charge in [0.05, 0.1) is 19.0 Å². The normalized spacial score (nSPS) is 20.7. The average Bonchev–Trinajstić information content (AvgIpc) is 3.21. The minimum absolute atomic E-state index is 0.324. The summed E-state index contributed by atoms with van der Waals surface area (Å²) in [5.41, 5.74) is 0. The first-order valence-corrected chi connectivity index (χ1v) is 8.12. The van der Waals surface area contributed by atoms with E-state index in [0.29, 0.717) is 25.7 Å². The Morgan fingerprint density at radius 2 is 2.43 bits per heavy atom. The molecule has 2 unspecified atom stereocenters. The lowest BCUT2D eigenvalue weighted by Crippen LogP contribution is -2.42. The number of β-amino-alcohol motifs (C(OH)–C–C–N with tert-alkyl or cyclic N) is 1. The van der Waals surface area contributed by atoms with Crippen molar-refractivity contribution >= 4 is 0 Å². The molecular weight excluding hydrogens is 296 g/mol. The van der Waals surface area contributed by atoms with Crippen LogP contribution in [0.1, 0.15) is 18.6 Å². The Bertz CT molecular complexity index is 544. The molecule has 2 aromatic heterocycles. The predicted molar refractivity (Wildman–Crippen MR) is 83.6 cm³/mol. The first-order valence-electron chi connectivity index (χ1n) is 8.12. The molecule has 1 N–H and O–H groups in total. The van der Waals surface area contributed by atoms with E-state index in [2.05, 4.69) is 15.0 Å². The Kier molecular flexibility index (Phi) is 5.79. The second-order valence-corrected chi connectivity index (χ2v) is 6.13. The van der Waals surface area contributed by atoms with E-state index >= 15 is 0 Å². The fourth-order valence-corrected chi connectivity index (χ4v) is 3.10. The minimum atomic E-state index is -0.477. The van der Waals surface area contributed by atoms with Crippen LogP contribution in [-0.2, 0) is 17.9 Å². The van der Waals surface area contributed by atoms with Crippen molar-refractivity contribution in [3.8, 4) is 0 Å². The van der Waals surface area contributed by atoms with Gasteiger partial charge in [-0.25, -0.2) is 4.98 Å². The number of hydrogen-bond donors (Lipinski definition) is 1. The number of rotatable bonds is 8. The van der Waals surface area contributed by atoms with Gasteiger partial charge < -0.3 is 19.2 Å². The van der Waals surface area contributed by atoms with Gasteiger partial charge in [0, 0.05) is 19.6 Å². The topological polar surface area (TPSA) is 76.6 Å². The lowest BCUT2D eigenvalue weighted by atomic mass is 9.98. The molecule has 0 bridgehead atoms. The Hall–Kier alpha value is -1.70. The third-order valence-electron chi connectivity index (χ3n) is 4.12. The van der Waals surface area contributed by atoms with Gasteiger partial charge in [0.1, 0.15) is 25.0 Å². The van der Waals surface area contributed by atoms with E-state index < -0.39 is 6.10 Å². The summed E-state index contributed by atoms with van der Waals surface area (Å²) in [6.07, 6.45) is 6.82. The Labute approximate surface area is 135 Å². The Morgan fingerprint density at radius 1 is 1.48 bits per heavy atom. The average molecular weight is 320 g/mol. The summed E-state index contributed by atoms with van der Waals surface area (Å²) in [5, 5.41) is 14.3. The highest BCUT2D eigenvalue weighted by Gasteiger charge is 2.22. The molecule has 0 radical (unpaired) electrons. The van der Waals surface area contributed by atoms with Crippen molar-refractivity contribution in [2.45, 2.75) is 32.1 Å². The van der Waals surface area contributed by atoms with Crippen molar-refractivity contribution in [3.63, 3.8) is 0 Å². The van der Waals surface area contributed by atoms with Crippen LogP contribution in [0.3, 0.4) is 0 Å². The molecule has 0 spiro atoms. The zero-order valence-corrected chi connectivity index (χ0v) is 13.3. The molecule has 7 heteroatoms. The number of piperidine rings is 1. The quantitative estimate of drug-likeness (QED) is 0.786. The van der Waals surface area contributed by atoms with Crippen molar-refractivity contribution in [2.24, 2.45) is 5.92 Å². The van der Waals surface area contributed by atoms with E-state index in [1.165, 1.54) is 6.42 Å². The standard InChI is InChI=1S/C16H24N4O3/c21-15(10-22-11-16-4-2-6-23-16)9-19-5-1-3-14(7-19)8-20-13-17-12-18-20/h2,4,6,12-15,21H,1,3,5,7-11H2. The zero-order valence-electron chi connectivity index (χ0n) is 13.3. The van der Waals surface area contributed by atoms with E-state index in [4.69, 9.17) is 9.15 Å². The molecule has 0 amide bonds. The van der Waals surface area contributed by atoms with Gasteiger partial charge in [0.2, 0.25) is 0 Å². The van der Waals surface area contributed by atoms with Crippen LogP contribution in [0.5, 0.6) is 0 Å². The highest BCUT2D eigenvalue weighted by molar-refractivity contribution is 4.96. The SMILES string of the molecule is OC(COCc1ccco1)CN1CCCC(Cn2cncn2)C1. The maximum Gasteiger partial charge on any atom is 0.137 e. The summed E-state index contributed by atoms with van der Waals surface area (Å²) in [6.45, 7) is 4.27. The lowest BCUT2D eigenvalue weighted by Gasteiger charge is -2.33. The zero-order chi connectivity index (χ0) is 15.9. The molecule has 1 aliphatic rings. The number of nitrogens with zero attached hydrogens (tertiary/aromatic N) is 4. The lowest BCUT2D eigenvalue weighted by molar-refractivity contribution is -0.00198. The highest BCUT2D eigenvalue weighted by atomic mass is 16.5. The fourth-order valence-electron chi connectivity index (χ4n) is 3.10. The van der Waals surface area contributed by atoms with Crippen LogP contribution in [0.4, 0.5) is 0 Å². The van der Waals surface area contributed by atoms with Gasteiger partial charge in [-0.3, -0.25) is 4.68 Å². The summed E-state index contributed by atoms with van der Waals surface area (Å²) in [5.74, 6) is 1.34. The number of hydrogen-bond acceptors (Lipinski definition) is 6. The molecule has 3 rings (SSSR count). The maximum atomic E-state index is 10.1. The summed E-state index contributed by atoms with van der Waals surface area (Å²) < 4.78 is 12.6.